The van der Waals surface area contributed by atoms with Gasteiger partial charge in [-0.2, -0.15) is 13.2 Å². The van der Waals surface area contributed by atoms with Gasteiger partial charge in [-0.15, -0.1) is 0 Å². The first-order chi connectivity index (χ1) is 10.4. The van der Waals surface area contributed by atoms with Crippen molar-refractivity contribution in [3.8, 4) is 0 Å². The predicted octanol–water partition coefficient (Wildman–Crippen LogP) is 2.62. The van der Waals surface area contributed by atoms with Crippen molar-refractivity contribution in [2.75, 3.05) is 5.32 Å². The zero-order valence-electron chi connectivity index (χ0n) is 10.8. The van der Waals surface area contributed by atoms with E-state index in [1.165, 1.54) is 24.8 Å². The lowest BCUT2D eigenvalue weighted by Gasteiger charge is -2.09. The third-order valence-corrected chi connectivity index (χ3v) is 2.91. The first-order valence-corrected chi connectivity index (χ1v) is 6.08. The molecule has 2 N–H and O–H groups in total. The third-order valence-electron chi connectivity index (χ3n) is 2.91. The van der Waals surface area contributed by atoms with Crippen LogP contribution in [0, 0.1) is 0 Å². The summed E-state index contributed by atoms with van der Waals surface area (Å²) in [5, 5.41) is 2.44. The van der Waals surface area contributed by atoms with Gasteiger partial charge < -0.3 is 10.3 Å². The number of benzene rings is 1. The number of imidazole rings is 1. The van der Waals surface area contributed by atoms with E-state index in [0.29, 0.717) is 11.2 Å². The van der Waals surface area contributed by atoms with Crippen LogP contribution in [-0.2, 0) is 6.18 Å². The smallest absolute Gasteiger partial charge is 0.340 e. The topological polar surface area (TPSA) is 83.6 Å². The normalized spacial score (nSPS) is 11.6. The summed E-state index contributed by atoms with van der Waals surface area (Å²) < 4.78 is 38.0. The molecule has 2 heterocycles. The van der Waals surface area contributed by atoms with Gasteiger partial charge >= 0.3 is 6.18 Å². The Morgan fingerprint density at radius 3 is 2.77 bits per heavy atom. The molecule has 0 aliphatic carbocycles. The molecule has 0 fully saturated rings. The Hall–Kier alpha value is -2.97. The van der Waals surface area contributed by atoms with Crippen LogP contribution >= 0.6 is 0 Å². The van der Waals surface area contributed by atoms with Gasteiger partial charge in [-0.25, -0.2) is 15.0 Å². The van der Waals surface area contributed by atoms with Gasteiger partial charge in [-0.1, -0.05) is 6.07 Å². The number of rotatable bonds is 2. The number of anilines is 1. The number of H-pyrrole nitrogens is 1. The highest BCUT2D eigenvalue weighted by Gasteiger charge is 2.30. The van der Waals surface area contributed by atoms with Crippen LogP contribution in [-0.4, -0.2) is 25.8 Å². The van der Waals surface area contributed by atoms with Crippen LogP contribution in [0.2, 0.25) is 0 Å². The lowest BCUT2D eigenvalue weighted by Crippen LogP contribution is -2.15. The largest absolute Gasteiger partial charge is 0.416 e. The Labute approximate surface area is 121 Å². The minimum absolute atomic E-state index is 0.124. The van der Waals surface area contributed by atoms with Crippen molar-refractivity contribution in [3.63, 3.8) is 0 Å². The second-order valence-corrected chi connectivity index (χ2v) is 4.36. The first-order valence-electron chi connectivity index (χ1n) is 6.08. The maximum absolute atomic E-state index is 12.7. The van der Waals surface area contributed by atoms with E-state index >= 15 is 0 Å². The average Bonchev–Trinajstić information content (AvgIpc) is 2.96. The number of amides is 1. The lowest BCUT2D eigenvalue weighted by molar-refractivity contribution is -0.137. The zero-order valence-corrected chi connectivity index (χ0v) is 10.8. The second kappa shape index (κ2) is 5.10. The number of carbonyl (C=O) groups excluding carboxylic acids is 1. The Morgan fingerprint density at radius 1 is 1.18 bits per heavy atom. The van der Waals surface area contributed by atoms with Crippen LogP contribution in [0.5, 0.6) is 0 Å². The number of hydrogen-bond donors (Lipinski definition) is 2. The highest BCUT2D eigenvalue weighted by Crippen LogP contribution is 2.29. The van der Waals surface area contributed by atoms with Gasteiger partial charge in [0.15, 0.2) is 11.5 Å². The molecular weight excluding hydrogens is 299 g/mol. The fourth-order valence-electron chi connectivity index (χ4n) is 1.88. The highest BCUT2D eigenvalue weighted by atomic mass is 19.4. The Balaban J connectivity index is 1.90. The Bertz CT molecular complexity index is 843. The summed E-state index contributed by atoms with van der Waals surface area (Å²) in [6.07, 6.45) is -1.94. The molecule has 0 aliphatic rings. The molecule has 22 heavy (non-hydrogen) atoms. The van der Waals surface area contributed by atoms with Crippen molar-refractivity contribution in [2.45, 2.75) is 6.18 Å². The number of alkyl halides is 3. The fraction of sp³-hybridized carbons (Fsp3) is 0.0769. The summed E-state index contributed by atoms with van der Waals surface area (Å²) in [4.78, 5) is 26.5. The summed E-state index contributed by atoms with van der Waals surface area (Å²) in [7, 11) is 0. The number of aromatic amines is 1. The molecule has 9 heteroatoms. The number of nitrogens with zero attached hydrogens (tertiary/aromatic N) is 3. The van der Waals surface area contributed by atoms with E-state index in [1.807, 2.05) is 0 Å². The monoisotopic (exact) mass is 307 g/mol. The summed E-state index contributed by atoms with van der Waals surface area (Å²) >= 11 is 0. The van der Waals surface area contributed by atoms with Gasteiger partial charge in [-0.05, 0) is 18.2 Å². The van der Waals surface area contributed by atoms with E-state index in [1.54, 1.807) is 0 Å². The maximum atomic E-state index is 12.7. The number of fused-ring (bicyclic) bond motifs is 1. The predicted molar refractivity (Wildman–Crippen MR) is 71.1 cm³/mol. The van der Waals surface area contributed by atoms with E-state index in [9.17, 15) is 18.0 Å². The van der Waals surface area contributed by atoms with Crippen LogP contribution in [0.4, 0.5) is 19.0 Å². The van der Waals surface area contributed by atoms with E-state index in [4.69, 9.17) is 0 Å². The standard InChI is InChI=1S/C13H8F3N5O/c14-13(15,16)8-3-1-2-7(4-8)12(22)21-11-9-10(18-5-17-9)19-6-20-11/h1-6H,(H2,17,18,19,20,21,22). The minimum atomic E-state index is -4.51. The van der Waals surface area contributed by atoms with Gasteiger partial charge in [0.2, 0.25) is 0 Å². The molecule has 3 aromatic rings. The minimum Gasteiger partial charge on any atom is -0.340 e. The van der Waals surface area contributed by atoms with E-state index in [2.05, 4.69) is 25.3 Å². The van der Waals surface area contributed by atoms with Crippen molar-refractivity contribution < 1.29 is 18.0 Å². The van der Waals surface area contributed by atoms with E-state index in [0.717, 1.165) is 12.1 Å². The van der Waals surface area contributed by atoms with E-state index < -0.39 is 17.6 Å². The molecule has 6 nitrogen and oxygen atoms in total. The van der Waals surface area contributed by atoms with Gasteiger partial charge in [-0.3, -0.25) is 4.79 Å². The average molecular weight is 307 g/mol. The molecule has 112 valence electrons. The van der Waals surface area contributed by atoms with Crippen LogP contribution in [0.25, 0.3) is 11.2 Å². The molecular formula is C13H8F3N5O. The second-order valence-electron chi connectivity index (χ2n) is 4.36. The first kappa shape index (κ1) is 14.0. The van der Waals surface area contributed by atoms with Crippen LogP contribution in [0.3, 0.4) is 0 Å². The number of halogens is 3. The van der Waals surface area contributed by atoms with Crippen molar-refractivity contribution in [1.82, 2.24) is 19.9 Å². The Kier molecular flexibility index (Phi) is 3.24. The van der Waals surface area contributed by atoms with Gasteiger partial charge in [0.05, 0.1) is 11.9 Å². The molecule has 0 spiro atoms. The van der Waals surface area contributed by atoms with Crippen molar-refractivity contribution >= 4 is 22.9 Å². The lowest BCUT2D eigenvalue weighted by atomic mass is 10.1. The van der Waals surface area contributed by atoms with Gasteiger partial charge in [0, 0.05) is 5.56 Å². The zero-order chi connectivity index (χ0) is 15.7. The summed E-state index contributed by atoms with van der Waals surface area (Å²) in [6.45, 7) is 0. The molecule has 0 aliphatic heterocycles. The molecule has 0 saturated carbocycles. The summed E-state index contributed by atoms with van der Waals surface area (Å²) in [5.41, 5.74) is -0.284. The molecule has 0 unspecified atom stereocenters. The molecule has 2 aromatic heterocycles. The van der Waals surface area contributed by atoms with Crippen molar-refractivity contribution in [3.05, 3.63) is 48.0 Å². The van der Waals surface area contributed by atoms with Crippen LogP contribution < -0.4 is 5.32 Å². The van der Waals surface area contributed by atoms with E-state index in [-0.39, 0.29) is 11.4 Å². The van der Waals surface area contributed by atoms with Gasteiger partial charge in [0.1, 0.15) is 11.8 Å². The molecule has 0 bridgehead atoms. The number of aromatic nitrogens is 4. The molecule has 0 radical (unpaired) electrons. The molecule has 3 rings (SSSR count). The molecule has 0 atom stereocenters. The summed E-state index contributed by atoms with van der Waals surface area (Å²) in [6, 6.07) is 4.13. The van der Waals surface area contributed by atoms with Crippen molar-refractivity contribution in [1.29, 1.82) is 0 Å². The SMILES string of the molecule is O=C(Nc1ncnc2nc[nH]c12)c1cccc(C(F)(F)F)c1. The number of carbonyl (C=O) groups is 1. The molecule has 1 aromatic carbocycles. The van der Waals surface area contributed by atoms with Crippen LogP contribution in [0.1, 0.15) is 15.9 Å². The van der Waals surface area contributed by atoms with Crippen LogP contribution in [0.15, 0.2) is 36.9 Å². The fourth-order valence-corrected chi connectivity index (χ4v) is 1.88. The quantitative estimate of drug-likeness (QED) is 0.762. The third kappa shape index (κ3) is 2.60. The highest BCUT2D eigenvalue weighted by molar-refractivity contribution is 6.06. The maximum Gasteiger partial charge on any atom is 0.416 e. The summed E-state index contributed by atoms with van der Waals surface area (Å²) in [5.74, 6) is -0.564. The van der Waals surface area contributed by atoms with Crippen molar-refractivity contribution in [2.24, 2.45) is 0 Å². The molecule has 1 amide bonds. The number of nitrogens with one attached hydrogen (secondary N) is 2. The number of hydrogen-bond acceptors (Lipinski definition) is 4. The Morgan fingerprint density at radius 2 is 2.00 bits per heavy atom. The molecule has 0 saturated heterocycles. The van der Waals surface area contributed by atoms with Gasteiger partial charge in [0.25, 0.3) is 5.91 Å².